The second-order valence-electron chi connectivity index (χ2n) is 6.52. The van der Waals surface area contributed by atoms with Crippen molar-refractivity contribution in [2.24, 2.45) is 0 Å². The molecular weight excluding hydrogens is 364 g/mol. The molecule has 4 rings (SSSR count). The van der Waals surface area contributed by atoms with Gasteiger partial charge in [-0.25, -0.2) is 15.0 Å². The van der Waals surface area contributed by atoms with Crippen molar-refractivity contribution in [3.63, 3.8) is 0 Å². The predicted octanol–water partition coefficient (Wildman–Crippen LogP) is 1.79. The Kier molecular flexibility index (Phi) is 4.07. The van der Waals surface area contributed by atoms with Gasteiger partial charge in [0.15, 0.2) is 29.2 Å². The lowest BCUT2D eigenvalue weighted by molar-refractivity contribution is -0.177. The number of rotatable bonds is 3. The maximum Gasteiger partial charge on any atom is 0.303 e. The number of hydrogen-bond acceptors (Lipinski definition) is 8. The molecular formula is C16H17ClN4O5. The van der Waals surface area contributed by atoms with Crippen LogP contribution in [0, 0.1) is 0 Å². The van der Waals surface area contributed by atoms with Crippen LogP contribution in [0.5, 0.6) is 0 Å². The van der Waals surface area contributed by atoms with Gasteiger partial charge in [0.25, 0.3) is 0 Å². The molecule has 138 valence electrons. The molecule has 2 aromatic heterocycles. The molecule has 2 aliphatic rings. The van der Waals surface area contributed by atoms with E-state index in [0.717, 1.165) is 6.42 Å². The van der Waals surface area contributed by atoms with E-state index >= 15 is 0 Å². The van der Waals surface area contributed by atoms with Crippen molar-refractivity contribution >= 4 is 34.7 Å². The van der Waals surface area contributed by atoms with E-state index in [1.807, 2.05) is 0 Å². The molecule has 3 atom stereocenters. The standard InChI is InChI=1S/C16H17ClN4O5/c1-8(22)24-11-12(25-9(2)23)16(4-3-5-16)26-15(11)21-7-20-10-13(17)18-6-19-14(10)21/h6-7,11-12,15H,3-5H2,1-2H3/t11?,12?,15-/m1/s1. The molecule has 9 nitrogen and oxygen atoms in total. The first kappa shape index (κ1) is 17.2. The van der Waals surface area contributed by atoms with E-state index in [1.54, 1.807) is 4.57 Å². The van der Waals surface area contributed by atoms with Gasteiger partial charge in [0, 0.05) is 13.8 Å². The van der Waals surface area contributed by atoms with Gasteiger partial charge in [-0.2, -0.15) is 0 Å². The third kappa shape index (κ3) is 2.62. The molecule has 26 heavy (non-hydrogen) atoms. The van der Waals surface area contributed by atoms with Crippen molar-refractivity contribution in [3.05, 3.63) is 17.8 Å². The molecule has 1 spiro atoms. The molecule has 0 bridgehead atoms. The number of ether oxygens (including phenoxy) is 3. The number of nitrogens with zero attached hydrogens (tertiary/aromatic N) is 4. The summed E-state index contributed by atoms with van der Waals surface area (Å²) in [6, 6.07) is 0. The molecule has 1 aliphatic carbocycles. The van der Waals surface area contributed by atoms with Gasteiger partial charge in [-0.05, 0) is 19.3 Å². The zero-order valence-electron chi connectivity index (χ0n) is 14.2. The molecule has 1 aliphatic heterocycles. The van der Waals surface area contributed by atoms with Gasteiger partial charge in [-0.15, -0.1) is 0 Å². The number of halogens is 1. The molecule has 0 aromatic carbocycles. The monoisotopic (exact) mass is 380 g/mol. The maximum atomic E-state index is 11.7. The molecule has 3 heterocycles. The highest BCUT2D eigenvalue weighted by Gasteiger charge is 2.62. The Labute approximate surface area is 153 Å². The summed E-state index contributed by atoms with van der Waals surface area (Å²) >= 11 is 6.07. The fraction of sp³-hybridized carbons (Fsp3) is 0.562. The van der Waals surface area contributed by atoms with Crippen LogP contribution in [0.25, 0.3) is 11.2 Å². The number of carbonyl (C=O) groups is 2. The van der Waals surface area contributed by atoms with Gasteiger partial charge >= 0.3 is 11.9 Å². The summed E-state index contributed by atoms with van der Waals surface area (Å²) in [6.07, 6.45) is 2.94. The zero-order valence-corrected chi connectivity index (χ0v) is 15.0. The Bertz CT molecular complexity index is 881. The van der Waals surface area contributed by atoms with Crippen molar-refractivity contribution in [2.45, 2.75) is 57.1 Å². The van der Waals surface area contributed by atoms with Gasteiger partial charge in [0.1, 0.15) is 17.4 Å². The van der Waals surface area contributed by atoms with Crippen LogP contribution >= 0.6 is 11.6 Å². The first-order chi connectivity index (χ1) is 12.4. The summed E-state index contributed by atoms with van der Waals surface area (Å²) in [5.74, 6) is -0.947. The zero-order chi connectivity index (χ0) is 18.5. The van der Waals surface area contributed by atoms with Gasteiger partial charge in [-0.1, -0.05) is 11.6 Å². The van der Waals surface area contributed by atoms with Crippen LogP contribution in [0.1, 0.15) is 39.3 Å². The maximum absolute atomic E-state index is 11.7. The Hall–Kier alpha value is -2.26. The van der Waals surface area contributed by atoms with Gasteiger partial charge in [0.2, 0.25) is 0 Å². The fourth-order valence-electron chi connectivity index (χ4n) is 3.64. The van der Waals surface area contributed by atoms with Crippen LogP contribution < -0.4 is 0 Å². The summed E-state index contributed by atoms with van der Waals surface area (Å²) in [6.45, 7) is 2.63. The number of imidazole rings is 1. The largest absolute Gasteiger partial charge is 0.455 e. The van der Waals surface area contributed by atoms with Crippen LogP contribution in [0.3, 0.4) is 0 Å². The molecule has 0 N–H and O–H groups in total. The number of carbonyl (C=O) groups excluding carboxylic acids is 2. The van der Waals surface area contributed by atoms with Crippen molar-refractivity contribution in [1.82, 2.24) is 19.5 Å². The van der Waals surface area contributed by atoms with E-state index in [0.29, 0.717) is 24.0 Å². The molecule has 2 unspecified atom stereocenters. The van der Waals surface area contributed by atoms with Crippen LogP contribution in [-0.4, -0.2) is 49.3 Å². The smallest absolute Gasteiger partial charge is 0.303 e. The van der Waals surface area contributed by atoms with E-state index in [4.69, 9.17) is 25.8 Å². The minimum atomic E-state index is -0.817. The lowest BCUT2D eigenvalue weighted by atomic mass is 9.75. The average Bonchev–Trinajstić information content (AvgIpc) is 3.07. The number of esters is 2. The first-order valence-electron chi connectivity index (χ1n) is 8.26. The molecule has 1 saturated carbocycles. The Balaban J connectivity index is 1.79. The van der Waals surface area contributed by atoms with E-state index in [-0.39, 0.29) is 5.15 Å². The number of fused-ring (bicyclic) bond motifs is 1. The highest BCUT2D eigenvalue weighted by molar-refractivity contribution is 6.33. The minimum Gasteiger partial charge on any atom is -0.455 e. The highest BCUT2D eigenvalue weighted by Crippen LogP contribution is 2.51. The topological polar surface area (TPSA) is 105 Å². The average molecular weight is 381 g/mol. The van der Waals surface area contributed by atoms with Crippen LogP contribution in [0.4, 0.5) is 0 Å². The van der Waals surface area contributed by atoms with Crippen LogP contribution in [0.2, 0.25) is 5.15 Å². The highest BCUT2D eigenvalue weighted by atomic mass is 35.5. The van der Waals surface area contributed by atoms with E-state index in [9.17, 15) is 9.59 Å². The van der Waals surface area contributed by atoms with Crippen molar-refractivity contribution in [3.8, 4) is 0 Å². The number of hydrogen-bond donors (Lipinski definition) is 0. The number of aromatic nitrogens is 4. The van der Waals surface area contributed by atoms with Crippen molar-refractivity contribution in [1.29, 1.82) is 0 Å². The Morgan fingerprint density at radius 3 is 2.58 bits per heavy atom. The minimum absolute atomic E-state index is 0.214. The third-order valence-electron chi connectivity index (χ3n) is 4.84. The fourth-order valence-corrected chi connectivity index (χ4v) is 3.82. The third-order valence-corrected chi connectivity index (χ3v) is 5.11. The predicted molar refractivity (Wildman–Crippen MR) is 88.1 cm³/mol. The van der Waals surface area contributed by atoms with Gasteiger partial charge in [0.05, 0.1) is 6.33 Å². The molecule has 0 radical (unpaired) electrons. The molecule has 1 saturated heterocycles. The second kappa shape index (κ2) is 6.17. The quantitative estimate of drug-likeness (QED) is 0.586. The van der Waals surface area contributed by atoms with E-state index < -0.39 is 36.0 Å². The summed E-state index contributed by atoms with van der Waals surface area (Å²) < 4.78 is 18.9. The second-order valence-corrected chi connectivity index (χ2v) is 6.88. The Morgan fingerprint density at radius 2 is 1.96 bits per heavy atom. The van der Waals surface area contributed by atoms with Crippen LogP contribution in [0.15, 0.2) is 12.7 Å². The first-order valence-corrected chi connectivity index (χ1v) is 8.64. The lowest BCUT2D eigenvalue weighted by Gasteiger charge is -2.41. The van der Waals surface area contributed by atoms with Crippen LogP contribution in [-0.2, 0) is 23.8 Å². The Morgan fingerprint density at radius 1 is 1.23 bits per heavy atom. The van der Waals surface area contributed by atoms with Crippen molar-refractivity contribution < 1.29 is 23.8 Å². The van der Waals surface area contributed by atoms with Crippen molar-refractivity contribution in [2.75, 3.05) is 0 Å². The normalized spacial score (nSPS) is 26.7. The summed E-state index contributed by atoms with van der Waals surface area (Å²) in [4.78, 5) is 35.7. The van der Waals surface area contributed by atoms with E-state index in [2.05, 4.69) is 15.0 Å². The molecule has 10 heteroatoms. The summed E-state index contributed by atoms with van der Waals surface area (Å²) in [7, 11) is 0. The SMILES string of the molecule is CC(=O)OC1C(OC(C)=O)C2(CCC2)O[C@H]1n1cnc2c(Cl)ncnc21. The van der Waals surface area contributed by atoms with E-state index in [1.165, 1.54) is 26.5 Å². The van der Waals surface area contributed by atoms with Gasteiger partial charge < -0.3 is 14.2 Å². The summed E-state index contributed by atoms with van der Waals surface area (Å²) in [5.41, 5.74) is 0.187. The van der Waals surface area contributed by atoms with Gasteiger partial charge in [-0.3, -0.25) is 14.2 Å². The molecule has 2 fully saturated rings. The lowest BCUT2D eigenvalue weighted by Crippen LogP contribution is -2.51. The molecule has 2 aromatic rings. The summed E-state index contributed by atoms with van der Waals surface area (Å²) in [5, 5.41) is 0.214. The molecule has 0 amide bonds.